The molecule has 2 aliphatic heterocycles. The highest BCUT2D eigenvalue weighted by atomic mass is 35.5. The van der Waals surface area contributed by atoms with E-state index in [1.807, 2.05) is 43.3 Å². The summed E-state index contributed by atoms with van der Waals surface area (Å²) >= 11 is 7.32. The number of amides is 5. The average Bonchev–Trinajstić information content (AvgIpc) is 3.40. The predicted molar refractivity (Wildman–Crippen MR) is 144 cm³/mol. The number of rotatable bonds is 9. The standard InChI is InChI=1S/C26H28ClN5O4S/c1-31(2)12-11-28-26(36)29-14-16-5-3-6-17(13-16)15-32-24(34)18-7-4-8-19(22(18)25(32)35)30-23(33)20-9-10-21(27)37-20/h3-9,13,21H,10-12,14-15H2,1-2H3,(H,30,33)(H2,28,29,36). The van der Waals surface area contributed by atoms with Gasteiger partial charge in [-0.3, -0.25) is 19.3 Å². The number of imide groups is 1. The largest absolute Gasteiger partial charge is 0.337 e. The lowest BCUT2D eigenvalue weighted by Gasteiger charge is -2.15. The van der Waals surface area contributed by atoms with Gasteiger partial charge in [0.25, 0.3) is 17.7 Å². The highest BCUT2D eigenvalue weighted by Gasteiger charge is 2.38. The van der Waals surface area contributed by atoms with Crippen LogP contribution in [0.5, 0.6) is 0 Å². The van der Waals surface area contributed by atoms with Crippen LogP contribution < -0.4 is 16.0 Å². The van der Waals surface area contributed by atoms with Crippen molar-refractivity contribution < 1.29 is 19.2 Å². The van der Waals surface area contributed by atoms with Gasteiger partial charge in [0.1, 0.15) is 0 Å². The molecule has 1 unspecified atom stereocenters. The third-order valence-electron chi connectivity index (χ3n) is 5.84. The fraction of sp³-hybridized carbons (Fsp3) is 0.308. The summed E-state index contributed by atoms with van der Waals surface area (Å²) in [5.74, 6) is -1.25. The maximum absolute atomic E-state index is 13.3. The number of halogens is 1. The number of thioether (sulfide) groups is 1. The van der Waals surface area contributed by atoms with E-state index < -0.39 is 11.8 Å². The minimum Gasteiger partial charge on any atom is -0.337 e. The van der Waals surface area contributed by atoms with Crippen molar-refractivity contribution >= 4 is 52.8 Å². The Morgan fingerprint density at radius 3 is 2.57 bits per heavy atom. The van der Waals surface area contributed by atoms with Crippen molar-refractivity contribution in [1.29, 1.82) is 0 Å². The van der Waals surface area contributed by atoms with E-state index in [0.29, 0.717) is 30.1 Å². The molecule has 3 N–H and O–H groups in total. The minimum absolute atomic E-state index is 0.0670. The molecule has 0 spiro atoms. The molecule has 2 heterocycles. The molecule has 2 aliphatic rings. The molecule has 0 bridgehead atoms. The van der Waals surface area contributed by atoms with E-state index in [9.17, 15) is 19.2 Å². The van der Waals surface area contributed by atoms with E-state index in [4.69, 9.17) is 11.6 Å². The van der Waals surface area contributed by atoms with Crippen LogP contribution in [0.4, 0.5) is 10.5 Å². The first-order chi connectivity index (χ1) is 17.7. The average molecular weight is 542 g/mol. The highest BCUT2D eigenvalue weighted by Crippen LogP contribution is 2.36. The van der Waals surface area contributed by atoms with Crippen LogP contribution in [-0.4, -0.2) is 65.4 Å². The fourth-order valence-corrected chi connectivity index (χ4v) is 5.20. The number of benzene rings is 2. The lowest BCUT2D eigenvalue weighted by Crippen LogP contribution is -2.38. The molecule has 0 fully saturated rings. The Kier molecular flexibility index (Phi) is 8.52. The number of carbonyl (C=O) groups excluding carboxylic acids is 4. The summed E-state index contributed by atoms with van der Waals surface area (Å²) in [6.45, 7) is 1.64. The lowest BCUT2D eigenvalue weighted by atomic mass is 10.1. The van der Waals surface area contributed by atoms with E-state index in [-0.39, 0.29) is 34.3 Å². The summed E-state index contributed by atoms with van der Waals surface area (Å²) in [7, 11) is 3.86. The number of nitrogens with one attached hydrogen (secondary N) is 3. The van der Waals surface area contributed by atoms with Gasteiger partial charge in [-0.2, -0.15) is 0 Å². The van der Waals surface area contributed by atoms with Gasteiger partial charge >= 0.3 is 6.03 Å². The van der Waals surface area contributed by atoms with Gasteiger partial charge in [0, 0.05) is 19.6 Å². The Balaban J connectivity index is 1.41. The second-order valence-corrected chi connectivity index (χ2v) is 11.0. The summed E-state index contributed by atoms with van der Waals surface area (Å²) in [6.07, 6.45) is 2.35. The molecule has 4 rings (SSSR count). The second-order valence-electron chi connectivity index (χ2n) is 8.94. The molecule has 0 aliphatic carbocycles. The Hall–Kier alpha value is -3.34. The van der Waals surface area contributed by atoms with Crippen LogP contribution >= 0.6 is 23.4 Å². The number of fused-ring (bicyclic) bond motifs is 1. The smallest absolute Gasteiger partial charge is 0.315 e. The molecule has 2 aromatic carbocycles. The molecular formula is C26H28ClN5O4S. The van der Waals surface area contributed by atoms with E-state index in [1.165, 1.54) is 16.7 Å². The van der Waals surface area contributed by atoms with E-state index >= 15 is 0 Å². The van der Waals surface area contributed by atoms with Crippen molar-refractivity contribution in [3.8, 4) is 0 Å². The van der Waals surface area contributed by atoms with Gasteiger partial charge in [0.05, 0.1) is 33.0 Å². The maximum atomic E-state index is 13.3. The molecule has 0 aromatic heterocycles. The predicted octanol–water partition coefficient (Wildman–Crippen LogP) is 3.37. The zero-order valence-electron chi connectivity index (χ0n) is 20.5. The summed E-state index contributed by atoms with van der Waals surface area (Å²) in [4.78, 5) is 54.6. The molecule has 2 aromatic rings. The molecule has 0 saturated carbocycles. The van der Waals surface area contributed by atoms with Gasteiger partial charge in [0.15, 0.2) is 0 Å². The summed E-state index contributed by atoms with van der Waals surface area (Å²) < 4.78 is -0.190. The maximum Gasteiger partial charge on any atom is 0.315 e. The zero-order valence-corrected chi connectivity index (χ0v) is 22.1. The number of carbonyl (C=O) groups is 4. The summed E-state index contributed by atoms with van der Waals surface area (Å²) in [5, 5.41) is 8.36. The molecule has 194 valence electrons. The van der Waals surface area contributed by atoms with Crippen molar-refractivity contribution in [2.24, 2.45) is 0 Å². The molecule has 37 heavy (non-hydrogen) atoms. The van der Waals surface area contributed by atoms with E-state index in [0.717, 1.165) is 17.7 Å². The normalized spacial score (nSPS) is 16.6. The van der Waals surface area contributed by atoms with Crippen LogP contribution in [0.3, 0.4) is 0 Å². The molecule has 0 saturated heterocycles. The quantitative estimate of drug-likeness (QED) is 0.331. The molecule has 5 amide bonds. The van der Waals surface area contributed by atoms with E-state index in [2.05, 4.69) is 16.0 Å². The number of likely N-dealkylation sites (N-methyl/N-ethyl adjacent to an activating group) is 1. The van der Waals surface area contributed by atoms with Crippen molar-refractivity contribution in [1.82, 2.24) is 20.4 Å². The van der Waals surface area contributed by atoms with Crippen LogP contribution in [-0.2, 0) is 17.9 Å². The molecule has 1 atom stereocenters. The SMILES string of the molecule is CN(C)CCNC(=O)NCc1cccc(CN2C(=O)c3cccc(NC(=O)C4=CCC(Cl)S4)c3C2=O)c1. The topological polar surface area (TPSA) is 111 Å². The van der Waals surface area contributed by atoms with Gasteiger partial charge in [-0.05, 0) is 43.8 Å². The molecule has 0 radical (unpaired) electrons. The number of allylic oxidation sites excluding steroid dienone is 1. The third-order valence-corrected chi connectivity index (χ3v) is 7.34. The van der Waals surface area contributed by atoms with Crippen molar-refractivity contribution in [3.63, 3.8) is 0 Å². The fourth-order valence-electron chi connectivity index (χ4n) is 4.00. The highest BCUT2D eigenvalue weighted by molar-refractivity contribution is 8.05. The zero-order chi connectivity index (χ0) is 26.5. The summed E-state index contributed by atoms with van der Waals surface area (Å²) in [5.41, 5.74) is 2.30. The Labute approximate surface area is 224 Å². The van der Waals surface area contributed by atoms with Crippen LogP contribution in [0.25, 0.3) is 0 Å². The Morgan fingerprint density at radius 2 is 1.84 bits per heavy atom. The van der Waals surface area contributed by atoms with Crippen LogP contribution in [0.1, 0.15) is 38.3 Å². The van der Waals surface area contributed by atoms with Gasteiger partial charge in [-0.1, -0.05) is 36.4 Å². The lowest BCUT2D eigenvalue weighted by molar-refractivity contribution is -0.112. The first-order valence-corrected chi connectivity index (χ1v) is 13.1. The molecule has 11 heteroatoms. The molecular weight excluding hydrogens is 514 g/mol. The first kappa shape index (κ1) is 26.7. The second kappa shape index (κ2) is 11.8. The van der Waals surface area contributed by atoms with Crippen molar-refractivity contribution in [2.75, 3.05) is 32.5 Å². The van der Waals surface area contributed by atoms with Gasteiger partial charge in [0.2, 0.25) is 0 Å². The number of hydrogen-bond acceptors (Lipinski definition) is 6. The van der Waals surface area contributed by atoms with Gasteiger partial charge in [-0.25, -0.2) is 4.79 Å². The van der Waals surface area contributed by atoms with Crippen molar-refractivity contribution in [3.05, 3.63) is 75.7 Å². The Morgan fingerprint density at radius 1 is 1.08 bits per heavy atom. The van der Waals surface area contributed by atoms with Crippen LogP contribution in [0.2, 0.25) is 0 Å². The summed E-state index contributed by atoms with van der Waals surface area (Å²) in [6, 6.07) is 11.9. The number of anilines is 1. The van der Waals surface area contributed by atoms with Crippen LogP contribution in [0, 0.1) is 0 Å². The molecule has 9 nitrogen and oxygen atoms in total. The van der Waals surface area contributed by atoms with Crippen molar-refractivity contribution in [2.45, 2.75) is 24.2 Å². The first-order valence-electron chi connectivity index (χ1n) is 11.8. The minimum atomic E-state index is -0.469. The third kappa shape index (κ3) is 6.51. The van der Waals surface area contributed by atoms with Gasteiger partial charge < -0.3 is 20.9 Å². The van der Waals surface area contributed by atoms with Gasteiger partial charge in [-0.15, -0.1) is 23.4 Å². The van der Waals surface area contributed by atoms with Crippen LogP contribution in [0.15, 0.2) is 53.4 Å². The number of urea groups is 1. The number of nitrogens with zero attached hydrogens (tertiary/aromatic N) is 2. The Bertz CT molecular complexity index is 1270. The van der Waals surface area contributed by atoms with E-state index in [1.54, 1.807) is 24.3 Å². The monoisotopic (exact) mass is 541 g/mol. The number of alkyl halides is 1. The number of hydrogen-bond donors (Lipinski definition) is 3.